The molecule has 2 fully saturated rings. The van der Waals surface area contributed by atoms with Crippen molar-refractivity contribution in [2.45, 2.75) is 26.2 Å². The molecule has 1 atom stereocenters. The van der Waals surface area contributed by atoms with Crippen molar-refractivity contribution in [3.8, 4) is 0 Å². The predicted molar refractivity (Wildman–Crippen MR) is 82.1 cm³/mol. The number of rotatable bonds is 3. The van der Waals surface area contributed by atoms with Gasteiger partial charge in [0.05, 0.1) is 0 Å². The fourth-order valence-corrected chi connectivity index (χ4v) is 3.66. The van der Waals surface area contributed by atoms with Gasteiger partial charge in [-0.1, -0.05) is 17.7 Å². The fraction of sp³-hybridized carbons (Fsp3) is 0.562. The van der Waals surface area contributed by atoms with Crippen molar-refractivity contribution in [3.63, 3.8) is 0 Å². The molecule has 108 valence electrons. The van der Waals surface area contributed by atoms with Crippen LogP contribution in [0.15, 0.2) is 24.3 Å². The molecular weight excluding hydrogens is 272 g/mol. The zero-order chi connectivity index (χ0) is 14.2. The number of benzene rings is 1. The number of amides is 1. The lowest BCUT2D eigenvalue weighted by Crippen LogP contribution is -2.36. The third kappa shape index (κ3) is 2.45. The summed E-state index contributed by atoms with van der Waals surface area (Å²) in [4.78, 5) is 14.7. The van der Waals surface area contributed by atoms with Crippen LogP contribution in [0.2, 0.25) is 5.02 Å². The quantitative estimate of drug-likeness (QED) is 0.928. The second-order valence-electron chi connectivity index (χ2n) is 5.93. The number of hydrogen-bond acceptors (Lipinski definition) is 2. The number of piperidine rings is 1. The number of nitrogens with one attached hydrogen (secondary N) is 1. The van der Waals surface area contributed by atoms with Gasteiger partial charge in [-0.2, -0.15) is 0 Å². The number of carbonyl (C=O) groups is 1. The minimum atomic E-state index is 0.212. The Labute approximate surface area is 125 Å². The molecule has 1 saturated carbocycles. The minimum absolute atomic E-state index is 0.212. The summed E-state index contributed by atoms with van der Waals surface area (Å²) in [7, 11) is 0. The molecule has 1 N–H and O–H groups in total. The summed E-state index contributed by atoms with van der Waals surface area (Å²) < 4.78 is 0. The van der Waals surface area contributed by atoms with E-state index in [1.165, 1.54) is 0 Å². The number of nitrogens with zero attached hydrogens (tertiary/aromatic N) is 1. The van der Waals surface area contributed by atoms with Crippen molar-refractivity contribution in [3.05, 3.63) is 29.3 Å². The summed E-state index contributed by atoms with van der Waals surface area (Å²) in [6.45, 7) is 4.82. The summed E-state index contributed by atoms with van der Waals surface area (Å²) in [5.74, 6) is 0.486. The Morgan fingerprint density at radius 3 is 2.85 bits per heavy atom. The molecular formula is C16H21ClN2O. The number of anilines is 1. The third-order valence-corrected chi connectivity index (χ3v) is 5.02. The van der Waals surface area contributed by atoms with Gasteiger partial charge in [0.2, 0.25) is 5.91 Å². The van der Waals surface area contributed by atoms with Gasteiger partial charge in [0.1, 0.15) is 0 Å². The van der Waals surface area contributed by atoms with Crippen molar-refractivity contribution in [1.82, 2.24) is 5.32 Å². The van der Waals surface area contributed by atoms with E-state index >= 15 is 0 Å². The van der Waals surface area contributed by atoms with Crippen LogP contribution in [-0.4, -0.2) is 25.5 Å². The highest BCUT2D eigenvalue weighted by Gasteiger charge is 2.58. The van der Waals surface area contributed by atoms with E-state index in [9.17, 15) is 4.79 Å². The molecule has 0 radical (unpaired) electrons. The van der Waals surface area contributed by atoms with Crippen molar-refractivity contribution >= 4 is 23.2 Å². The standard InChI is InChI=1S/C16H21ClN2O/c1-2-19(13-5-3-4-12(17)10-13)15(20)14-11-16(14)6-8-18-9-7-16/h3-5,10,14,18H,2,6-9,11H2,1H3. The Bertz CT molecular complexity index is 511. The molecule has 1 aliphatic heterocycles. The van der Waals surface area contributed by atoms with Gasteiger partial charge in [0.15, 0.2) is 0 Å². The maximum absolute atomic E-state index is 12.8. The van der Waals surface area contributed by atoms with E-state index < -0.39 is 0 Å². The SMILES string of the molecule is CCN(C(=O)C1CC12CCNCC2)c1cccc(Cl)c1. The van der Waals surface area contributed by atoms with E-state index in [-0.39, 0.29) is 17.2 Å². The molecule has 1 spiro atoms. The molecule has 20 heavy (non-hydrogen) atoms. The highest BCUT2D eigenvalue weighted by molar-refractivity contribution is 6.30. The second-order valence-corrected chi connectivity index (χ2v) is 6.37. The van der Waals surface area contributed by atoms with Crippen LogP contribution in [0.25, 0.3) is 0 Å². The van der Waals surface area contributed by atoms with Gasteiger partial charge >= 0.3 is 0 Å². The Morgan fingerprint density at radius 1 is 1.45 bits per heavy atom. The molecule has 3 rings (SSSR count). The maximum atomic E-state index is 12.8. The molecule has 0 bridgehead atoms. The molecule has 1 aromatic rings. The number of carbonyl (C=O) groups excluding carboxylic acids is 1. The average molecular weight is 293 g/mol. The first kappa shape index (κ1) is 13.9. The van der Waals surface area contributed by atoms with Gasteiger partial charge in [-0.05, 0) is 62.9 Å². The first-order chi connectivity index (χ1) is 9.66. The molecule has 1 unspecified atom stereocenters. The molecule has 1 saturated heterocycles. The second kappa shape index (κ2) is 5.38. The lowest BCUT2D eigenvalue weighted by Gasteiger charge is -2.26. The first-order valence-electron chi connectivity index (χ1n) is 7.44. The molecule has 1 aliphatic carbocycles. The first-order valence-corrected chi connectivity index (χ1v) is 7.82. The van der Waals surface area contributed by atoms with Gasteiger partial charge in [0.25, 0.3) is 0 Å². The Hall–Kier alpha value is -1.06. The summed E-state index contributed by atoms with van der Waals surface area (Å²) >= 11 is 6.04. The van der Waals surface area contributed by atoms with Crippen LogP contribution >= 0.6 is 11.6 Å². The monoisotopic (exact) mass is 292 g/mol. The van der Waals surface area contributed by atoms with E-state index in [4.69, 9.17) is 11.6 Å². The van der Waals surface area contributed by atoms with Crippen molar-refractivity contribution in [2.75, 3.05) is 24.5 Å². The zero-order valence-electron chi connectivity index (χ0n) is 11.9. The molecule has 1 aromatic carbocycles. The van der Waals surface area contributed by atoms with Gasteiger partial charge < -0.3 is 10.2 Å². The van der Waals surface area contributed by atoms with Crippen LogP contribution in [0.5, 0.6) is 0 Å². The lowest BCUT2D eigenvalue weighted by molar-refractivity contribution is -0.120. The maximum Gasteiger partial charge on any atom is 0.230 e. The number of hydrogen-bond donors (Lipinski definition) is 1. The van der Waals surface area contributed by atoms with E-state index in [0.29, 0.717) is 11.6 Å². The third-order valence-electron chi connectivity index (χ3n) is 4.79. The van der Waals surface area contributed by atoms with E-state index in [2.05, 4.69) is 5.32 Å². The molecule has 4 heteroatoms. The van der Waals surface area contributed by atoms with E-state index in [0.717, 1.165) is 38.0 Å². The molecule has 1 heterocycles. The zero-order valence-corrected chi connectivity index (χ0v) is 12.6. The Kier molecular flexibility index (Phi) is 3.74. The van der Waals surface area contributed by atoms with Crippen LogP contribution in [0, 0.1) is 11.3 Å². The lowest BCUT2D eigenvalue weighted by atomic mass is 9.91. The minimum Gasteiger partial charge on any atom is -0.317 e. The smallest absolute Gasteiger partial charge is 0.230 e. The molecule has 1 amide bonds. The predicted octanol–water partition coefficient (Wildman–Crippen LogP) is 3.08. The Morgan fingerprint density at radius 2 is 2.20 bits per heavy atom. The van der Waals surface area contributed by atoms with E-state index in [1.807, 2.05) is 36.1 Å². The highest BCUT2D eigenvalue weighted by Crippen LogP contribution is 2.59. The highest BCUT2D eigenvalue weighted by atomic mass is 35.5. The molecule has 3 nitrogen and oxygen atoms in total. The normalized spacial score (nSPS) is 23.6. The van der Waals surface area contributed by atoms with Gasteiger partial charge in [-0.15, -0.1) is 0 Å². The summed E-state index contributed by atoms with van der Waals surface area (Å²) in [5, 5.41) is 4.06. The number of halogens is 1. The van der Waals surface area contributed by atoms with Crippen LogP contribution in [-0.2, 0) is 4.79 Å². The van der Waals surface area contributed by atoms with Gasteiger partial charge in [-0.3, -0.25) is 4.79 Å². The van der Waals surface area contributed by atoms with Crippen LogP contribution in [0.3, 0.4) is 0 Å². The summed E-state index contributed by atoms with van der Waals surface area (Å²) in [6, 6.07) is 7.58. The topological polar surface area (TPSA) is 32.3 Å². The van der Waals surface area contributed by atoms with Crippen LogP contribution in [0.4, 0.5) is 5.69 Å². The molecule has 0 aromatic heterocycles. The molecule has 2 aliphatic rings. The van der Waals surface area contributed by atoms with Crippen LogP contribution in [0.1, 0.15) is 26.2 Å². The Balaban J connectivity index is 1.75. The summed E-state index contributed by atoms with van der Waals surface area (Å²) in [5.41, 5.74) is 1.20. The van der Waals surface area contributed by atoms with Crippen LogP contribution < -0.4 is 10.2 Å². The van der Waals surface area contributed by atoms with Crippen molar-refractivity contribution in [1.29, 1.82) is 0 Å². The fourth-order valence-electron chi connectivity index (χ4n) is 3.47. The largest absolute Gasteiger partial charge is 0.317 e. The average Bonchev–Trinajstić information content (AvgIpc) is 3.14. The van der Waals surface area contributed by atoms with Gasteiger partial charge in [-0.25, -0.2) is 0 Å². The van der Waals surface area contributed by atoms with E-state index in [1.54, 1.807) is 0 Å². The van der Waals surface area contributed by atoms with Crippen molar-refractivity contribution < 1.29 is 4.79 Å². The summed E-state index contributed by atoms with van der Waals surface area (Å²) in [6.07, 6.45) is 3.33. The van der Waals surface area contributed by atoms with Gasteiger partial charge in [0, 0.05) is 23.2 Å². The van der Waals surface area contributed by atoms with Crippen molar-refractivity contribution in [2.24, 2.45) is 11.3 Å².